The van der Waals surface area contributed by atoms with Crippen LogP contribution < -0.4 is 5.32 Å². The summed E-state index contributed by atoms with van der Waals surface area (Å²) in [6.07, 6.45) is 5.69. The van der Waals surface area contributed by atoms with Crippen LogP contribution in [0.25, 0.3) is 0 Å². The van der Waals surface area contributed by atoms with E-state index in [2.05, 4.69) is 10.3 Å². The molecule has 2 N–H and O–H groups in total. The van der Waals surface area contributed by atoms with E-state index in [-0.39, 0.29) is 11.9 Å². The van der Waals surface area contributed by atoms with E-state index in [9.17, 15) is 9.90 Å². The Bertz CT molecular complexity index is 1040. The van der Waals surface area contributed by atoms with E-state index in [1.165, 1.54) is 5.56 Å². The quantitative estimate of drug-likeness (QED) is 0.561. The lowest BCUT2D eigenvalue weighted by atomic mass is 10.0. The second-order valence-corrected chi connectivity index (χ2v) is 8.91. The number of nitrogens with one attached hydrogen (secondary N) is 1. The number of aliphatic hydroxyl groups excluding tert-OH is 1. The number of nitrogens with zero attached hydrogens (tertiary/aromatic N) is 2. The van der Waals surface area contributed by atoms with E-state index in [1.807, 2.05) is 60.7 Å². The van der Waals surface area contributed by atoms with Crippen LogP contribution in [0.1, 0.15) is 46.0 Å². The molecule has 0 spiro atoms. The van der Waals surface area contributed by atoms with Crippen molar-refractivity contribution in [3.05, 3.63) is 100 Å². The second-order valence-electron chi connectivity index (χ2n) is 8.47. The molecule has 0 radical (unpaired) electrons. The summed E-state index contributed by atoms with van der Waals surface area (Å²) in [5, 5.41) is 14.9. The van der Waals surface area contributed by atoms with Crippen LogP contribution in [0.4, 0.5) is 0 Å². The highest BCUT2D eigenvalue weighted by Crippen LogP contribution is 2.28. The molecule has 1 aliphatic rings. The Balaban J connectivity index is 1.31. The highest BCUT2D eigenvalue weighted by atomic mass is 35.5. The molecule has 4 rings (SSSR count). The van der Waals surface area contributed by atoms with Gasteiger partial charge in [-0.15, -0.1) is 0 Å². The molecule has 6 heteroatoms. The van der Waals surface area contributed by atoms with Crippen molar-refractivity contribution in [1.29, 1.82) is 0 Å². The van der Waals surface area contributed by atoms with Crippen molar-refractivity contribution in [2.45, 2.75) is 44.0 Å². The Labute approximate surface area is 194 Å². The van der Waals surface area contributed by atoms with E-state index >= 15 is 0 Å². The Morgan fingerprint density at radius 2 is 1.97 bits per heavy atom. The topological polar surface area (TPSA) is 65.5 Å². The van der Waals surface area contributed by atoms with Crippen molar-refractivity contribution in [3.8, 4) is 0 Å². The van der Waals surface area contributed by atoms with Gasteiger partial charge in [0.05, 0.1) is 6.10 Å². The standard InChI is InChI=1S/C26H28ClN3O2/c1-30(17-19-4-3-13-28-16-19)26(32)20-9-7-18(8-10-20)14-23-11-12-24(29-23)25(31)21-5-2-6-22(27)15-21/h2-10,13,15-16,23-25,29,31H,11-12,14,17H2,1H3/t23-,24+,25?/m0/s1. The lowest BCUT2D eigenvalue weighted by Gasteiger charge is -2.21. The van der Waals surface area contributed by atoms with E-state index in [1.54, 1.807) is 24.3 Å². The third kappa shape index (κ3) is 5.54. The van der Waals surface area contributed by atoms with Crippen LogP contribution in [-0.4, -0.2) is 40.0 Å². The summed E-state index contributed by atoms with van der Waals surface area (Å²) in [4.78, 5) is 18.5. The summed E-state index contributed by atoms with van der Waals surface area (Å²) >= 11 is 6.07. The monoisotopic (exact) mass is 449 g/mol. The number of carbonyl (C=O) groups excluding carboxylic acids is 1. The van der Waals surface area contributed by atoms with Crippen molar-refractivity contribution in [2.24, 2.45) is 0 Å². The van der Waals surface area contributed by atoms with Gasteiger partial charge < -0.3 is 15.3 Å². The van der Waals surface area contributed by atoms with Gasteiger partial charge in [0.15, 0.2) is 0 Å². The molecule has 1 aliphatic heterocycles. The maximum Gasteiger partial charge on any atom is 0.253 e. The highest BCUT2D eigenvalue weighted by molar-refractivity contribution is 6.30. The average Bonchev–Trinajstić information content (AvgIpc) is 3.27. The lowest BCUT2D eigenvalue weighted by Crippen LogP contribution is -2.35. The number of benzene rings is 2. The van der Waals surface area contributed by atoms with Crippen LogP contribution in [0.2, 0.25) is 5.02 Å². The Morgan fingerprint density at radius 3 is 2.69 bits per heavy atom. The van der Waals surface area contributed by atoms with E-state index < -0.39 is 6.10 Å². The number of carbonyl (C=O) groups is 1. The van der Waals surface area contributed by atoms with Crippen molar-refractivity contribution < 1.29 is 9.90 Å². The maximum atomic E-state index is 12.7. The zero-order valence-electron chi connectivity index (χ0n) is 18.1. The minimum absolute atomic E-state index is 0.0101. The first-order valence-corrected chi connectivity index (χ1v) is 11.3. The van der Waals surface area contributed by atoms with Gasteiger partial charge in [0.1, 0.15) is 0 Å². The molecule has 0 bridgehead atoms. The third-order valence-electron chi connectivity index (χ3n) is 6.02. The predicted octanol–water partition coefficient (Wildman–Crippen LogP) is 4.40. The number of hydrogen-bond donors (Lipinski definition) is 2. The molecule has 1 aromatic heterocycles. The van der Waals surface area contributed by atoms with Crippen molar-refractivity contribution in [1.82, 2.24) is 15.2 Å². The molecule has 3 atom stereocenters. The van der Waals surface area contributed by atoms with Crippen molar-refractivity contribution >= 4 is 17.5 Å². The first kappa shape index (κ1) is 22.5. The first-order valence-electron chi connectivity index (χ1n) is 10.9. The molecular formula is C26H28ClN3O2. The van der Waals surface area contributed by atoms with E-state index in [4.69, 9.17) is 11.6 Å². The van der Waals surface area contributed by atoms with Gasteiger partial charge in [0, 0.05) is 48.7 Å². The van der Waals surface area contributed by atoms with Gasteiger partial charge in [-0.3, -0.25) is 9.78 Å². The molecule has 1 amide bonds. The minimum Gasteiger partial charge on any atom is -0.387 e. The number of hydrogen-bond acceptors (Lipinski definition) is 4. The zero-order valence-corrected chi connectivity index (χ0v) is 18.9. The summed E-state index contributed by atoms with van der Waals surface area (Å²) < 4.78 is 0. The Morgan fingerprint density at radius 1 is 1.16 bits per heavy atom. The van der Waals surface area contributed by atoms with Gasteiger partial charge >= 0.3 is 0 Å². The summed E-state index contributed by atoms with van der Waals surface area (Å²) in [5.41, 5.74) is 3.69. The van der Waals surface area contributed by atoms with Gasteiger partial charge in [0.25, 0.3) is 5.91 Å². The summed E-state index contributed by atoms with van der Waals surface area (Å²) in [7, 11) is 1.80. The van der Waals surface area contributed by atoms with Crippen LogP contribution in [0, 0.1) is 0 Å². The van der Waals surface area contributed by atoms with Crippen LogP contribution in [0.5, 0.6) is 0 Å². The fraction of sp³-hybridized carbons (Fsp3) is 0.308. The number of aliphatic hydroxyl groups is 1. The molecule has 0 saturated carbocycles. The molecule has 1 unspecified atom stereocenters. The van der Waals surface area contributed by atoms with Gasteiger partial charge in [0.2, 0.25) is 0 Å². The molecule has 166 valence electrons. The Kier molecular flexibility index (Phi) is 7.20. The van der Waals surface area contributed by atoms with Crippen LogP contribution in [0.15, 0.2) is 73.1 Å². The normalized spacial score (nSPS) is 19.0. The second kappa shape index (κ2) is 10.3. The van der Waals surface area contributed by atoms with E-state index in [0.717, 1.165) is 30.4 Å². The third-order valence-corrected chi connectivity index (χ3v) is 6.25. The number of aromatic nitrogens is 1. The average molecular weight is 450 g/mol. The van der Waals surface area contributed by atoms with Gasteiger partial charge in [-0.1, -0.05) is 41.9 Å². The molecule has 0 aliphatic carbocycles. The van der Waals surface area contributed by atoms with Gasteiger partial charge in [-0.2, -0.15) is 0 Å². The maximum absolute atomic E-state index is 12.7. The molecular weight excluding hydrogens is 422 g/mol. The number of pyridine rings is 1. The lowest BCUT2D eigenvalue weighted by molar-refractivity contribution is 0.0785. The fourth-order valence-corrected chi connectivity index (χ4v) is 4.51. The fourth-order valence-electron chi connectivity index (χ4n) is 4.31. The molecule has 3 aromatic rings. The number of halogens is 1. The smallest absolute Gasteiger partial charge is 0.253 e. The largest absolute Gasteiger partial charge is 0.387 e. The van der Waals surface area contributed by atoms with Gasteiger partial charge in [-0.05, 0) is 66.3 Å². The highest BCUT2D eigenvalue weighted by Gasteiger charge is 2.30. The van der Waals surface area contributed by atoms with Crippen molar-refractivity contribution in [3.63, 3.8) is 0 Å². The summed E-state index contributed by atoms with van der Waals surface area (Å²) in [5.74, 6) is -0.0101. The Hall–Kier alpha value is -2.73. The molecule has 2 aromatic carbocycles. The number of amides is 1. The van der Waals surface area contributed by atoms with Crippen LogP contribution >= 0.6 is 11.6 Å². The number of rotatable bonds is 7. The van der Waals surface area contributed by atoms with Crippen LogP contribution in [0.3, 0.4) is 0 Å². The summed E-state index contributed by atoms with van der Waals surface area (Å²) in [6, 6.07) is 19.4. The molecule has 1 fully saturated rings. The molecule has 2 heterocycles. The van der Waals surface area contributed by atoms with Crippen molar-refractivity contribution in [2.75, 3.05) is 7.05 Å². The SMILES string of the molecule is CN(Cc1cccnc1)C(=O)c1ccc(C[C@@H]2CC[C@H](C(O)c3cccc(Cl)c3)N2)cc1. The van der Waals surface area contributed by atoms with Gasteiger partial charge in [-0.25, -0.2) is 0 Å². The minimum atomic E-state index is -0.575. The molecule has 1 saturated heterocycles. The summed E-state index contributed by atoms with van der Waals surface area (Å²) in [6.45, 7) is 0.525. The molecule has 32 heavy (non-hydrogen) atoms. The molecule has 5 nitrogen and oxygen atoms in total. The van der Waals surface area contributed by atoms with Crippen LogP contribution in [-0.2, 0) is 13.0 Å². The predicted molar refractivity (Wildman–Crippen MR) is 127 cm³/mol. The first-order chi connectivity index (χ1) is 15.5. The van der Waals surface area contributed by atoms with E-state index in [0.29, 0.717) is 23.2 Å². The zero-order chi connectivity index (χ0) is 22.5.